The van der Waals surface area contributed by atoms with Crippen molar-refractivity contribution < 1.29 is 28.8 Å². The number of carbonyl (C=O) groups excluding carboxylic acids is 6. The largest absolute Gasteiger partial charge is 0.346 e. The third kappa shape index (κ3) is 8.64. The molecule has 0 aromatic carbocycles. The van der Waals surface area contributed by atoms with Gasteiger partial charge in [0, 0.05) is 19.0 Å². The van der Waals surface area contributed by atoms with Gasteiger partial charge in [-0.15, -0.1) is 6.58 Å². The molecule has 11 nitrogen and oxygen atoms in total. The number of ketones is 2. The van der Waals surface area contributed by atoms with Gasteiger partial charge in [0.05, 0.1) is 12.1 Å². The zero-order valence-corrected chi connectivity index (χ0v) is 25.8. The number of amides is 5. The van der Waals surface area contributed by atoms with E-state index in [-0.39, 0.29) is 30.1 Å². The minimum Gasteiger partial charge on any atom is -0.346 e. The van der Waals surface area contributed by atoms with E-state index in [0.717, 1.165) is 32.1 Å². The predicted molar refractivity (Wildman–Crippen MR) is 158 cm³/mol. The summed E-state index contributed by atoms with van der Waals surface area (Å²) < 4.78 is 0. The summed E-state index contributed by atoms with van der Waals surface area (Å²) in [5, 5.41) is 10.8. The van der Waals surface area contributed by atoms with Crippen molar-refractivity contribution in [3.8, 4) is 0 Å². The first-order valence-corrected chi connectivity index (χ1v) is 15.4. The van der Waals surface area contributed by atoms with Crippen molar-refractivity contribution in [3.63, 3.8) is 0 Å². The first kappa shape index (κ1) is 33.3. The van der Waals surface area contributed by atoms with Gasteiger partial charge in [-0.2, -0.15) is 0 Å². The fraction of sp³-hybridized carbons (Fsp3) is 0.742. The van der Waals surface area contributed by atoms with Crippen LogP contribution in [-0.4, -0.2) is 77.5 Å². The minimum atomic E-state index is -0.982. The van der Waals surface area contributed by atoms with Gasteiger partial charge in [-0.05, 0) is 49.4 Å². The molecular weight excluding hydrogens is 538 g/mol. The second kappa shape index (κ2) is 14.3. The van der Waals surface area contributed by atoms with Crippen LogP contribution in [0, 0.1) is 23.2 Å². The average molecular weight is 588 g/mol. The summed E-state index contributed by atoms with van der Waals surface area (Å²) in [5.41, 5.74) is -0.697. The Morgan fingerprint density at radius 1 is 0.929 bits per heavy atom. The second-order valence-electron chi connectivity index (χ2n) is 13.5. The second-order valence-corrected chi connectivity index (χ2v) is 13.5. The van der Waals surface area contributed by atoms with Gasteiger partial charge >= 0.3 is 6.03 Å². The van der Waals surface area contributed by atoms with Crippen molar-refractivity contribution in [2.75, 3.05) is 13.1 Å². The van der Waals surface area contributed by atoms with Gasteiger partial charge < -0.3 is 26.2 Å². The lowest BCUT2D eigenvalue weighted by molar-refractivity contribution is -0.144. The quantitative estimate of drug-likeness (QED) is 0.181. The Morgan fingerprint density at radius 3 is 2.12 bits per heavy atom. The highest BCUT2D eigenvalue weighted by Crippen LogP contribution is 2.33. The SMILES string of the molecule is C=CCNC(=O)C(=O)C(CC1CCC1)NC(=O)[C@@H]1CCCN1C(=O)[C@@H](NC(=O)N[C@H](C(=O)C1CC1)C(C)C)C(C)(C)C. The van der Waals surface area contributed by atoms with Crippen LogP contribution < -0.4 is 21.3 Å². The highest BCUT2D eigenvalue weighted by molar-refractivity contribution is 6.38. The minimum absolute atomic E-state index is 0.0132. The molecule has 0 aromatic heterocycles. The van der Waals surface area contributed by atoms with E-state index in [2.05, 4.69) is 27.8 Å². The molecule has 2 aliphatic carbocycles. The summed E-state index contributed by atoms with van der Waals surface area (Å²) in [7, 11) is 0. The molecule has 1 unspecified atom stereocenters. The number of urea groups is 1. The van der Waals surface area contributed by atoms with Crippen molar-refractivity contribution in [1.82, 2.24) is 26.2 Å². The summed E-state index contributed by atoms with van der Waals surface area (Å²) in [5.74, 6) is -2.23. The molecule has 11 heteroatoms. The summed E-state index contributed by atoms with van der Waals surface area (Å²) >= 11 is 0. The lowest BCUT2D eigenvalue weighted by atomic mass is 9.80. The average Bonchev–Trinajstić information content (AvgIpc) is 3.63. The van der Waals surface area contributed by atoms with E-state index in [4.69, 9.17) is 0 Å². The van der Waals surface area contributed by atoms with E-state index >= 15 is 0 Å². The van der Waals surface area contributed by atoms with Crippen LogP contribution in [0.25, 0.3) is 0 Å². The van der Waals surface area contributed by atoms with Gasteiger partial charge in [0.25, 0.3) is 5.91 Å². The topological polar surface area (TPSA) is 154 Å². The van der Waals surface area contributed by atoms with Crippen LogP contribution in [0.4, 0.5) is 4.79 Å². The van der Waals surface area contributed by atoms with Crippen LogP contribution in [0.5, 0.6) is 0 Å². The van der Waals surface area contributed by atoms with Gasteiger partial charge in [-0.25, -0.2) is 4.79 Å². The van der Waals surface area contributed by atoms with E-state index in [1.807, 2.05) is 34.6 Å². The van der Waals surface area contributed by atoms with Crippen LogP contribution in [-0.2, 0) is 24.0 Å². The molecule has 3 rings (SSSR count). The molecule has 0 bridgehead atoms. The van der Waals surface area contributed by atoms with Gasteiger partial charge in [0.15, 0.2) is 5.78 Å². The van der Waals surface area contributed by atoms with Crippen molar-refractivity contribution in [3.05, 3.63) is 12.7 Å². The molecule has 1 aliphatic heterocycles. The first-order valence-electron chi connectivity index (χ1n) is 15.4. The maximum absolute atomic E-state index is 13.9. The van der Waals surface area contributed by atoms with E-state index in [1.165, 1.54) is 11.0 Å². The van der Waals surface area contributed by atoms with Gasteiger partial charge in [0.2, 0.25) is 17.6 Å². The number of hydrogen-bond acceptors (Lipinski definition) is 6. The number of likely N-dealkylation sites (tertiary alicyclic amines) is 1. The standard InChI is InChI=1S/C31H49N5O6/c1-7-15-32-28(40)25(38)21(17-19-10-8-11-19)33-27(39)22-12-9-16-36(22)29(41)26(31(4,5)6)35-30(42)34-23(18(2)3)24(37)20-13-14-20/h7,18-23,26H,1,8-17H2,2-6H3,(H,32,40)(H,33,39)(H2,34,35,42)/t21?,22-,23-,26+/m0/s1. The highest BCUT2D eigenvalue weighted by atomic mass is 16.2. The first-order chi connectivity index (χ1) is 19.7. The molecule has 0 radical (unpaired) electrons. The van der Waals surface area contributed by atoms with E-state index < -0.39 is 59.1 Å². The van der Waals surface area contributed by atoms with E-state index in [1.54, 1.807) is 0 Å². The molecule has 5 amide bonds. The number of Topliss-reactive ketones (excluding diaryl/α,β-unsaturated/α-hetero) is 2. The van der Waals surface area contributed by atoms with Gasteiger partial charge in [-0.3, -0.25) is 24.0 Å². The van der Waals surface area contributed by atoms with Crippen molar-refractivity contribution in [2.45, 2.75) is 110 Å². The summed E-state index contributed by atoms with van der Waals surface area (Å²) in [4.78, 5) is 80.1. The smallest absolute Gasteiger partial charge is 0.316 e. The fourth-order valence-corrected chi connectivity index (χ4v) is 5.59. The third-order valence-corrected chi connectivity index (χ3v) is 8.52. The normalized spacial score (nSPS) is 21.0. The number of nitrogens with zero attached hydrogens (tertiary/aromatic N) is 1. The molecule has 42 heavy (non-hydrogen) atoms. The number of rotatable bonds is 14. The molecule has 3 aliphatic rings. The lowest BCUT2D eigenvalue weighted by Gasteiger charge is -2.36. The Bertz CT molecular complexity index is 1060. The maximum atomic E-state index is 13.9. The molecular formula is C31H49N5O6. The molecule has 1 heterocycles. The molecule has 3 fully saturated rings. The monoisotopic (exact) mass is 587 g/mol. The van der Waals surface area contributed by atoms with Gasteiger partial charge in [-0.1, -0.05) is 60.0 Å². The zero-order chi connectivity index (χ0) is 31.2. The third-order valence-electron chi connectivity index (χ3n) is 8.52. The van der Waals surface area contributed by atoms with Crippen molar-refractivity contribution in [2.24, 2.45) is 23.2 Å². The molecule has 0 aromatic rings. The Labute approximate surface area is 249 Å². The maximum Gasteiger partial charge on any atom is 0.316 e. The van der Waals surface area contributed by atoms with Gasteiger partial charge in [0.1, 0.15) is 12.1 Å². The van der Waals surface area contributed by atoms with Crippen LogP contribution in [0.3, 0.4) is 0 Å². The number of nitrogens with one attached hydrogen (secondary N) is 4. The van der Waals surface area contributed by atoms with Crippen molar-refractivity contribution in [1.29, 1.82) is 0 Å². The highest BCUT2D eigenvalue weighted by Gasteiger charge is 2.44. The van der Waals surface area contributed by atoms with E-state index in [0.29, 0.717) is 25.8 Å². The number of carbonyl (C=O) groups is 6. The molecule has 0 spiro atoms. The zero-order valence-electron chi connectivity index (χ0n) is 25.8. The van der Waals surface area contributed by atoms with Crippen LogP contribution in [0.15, 0.2) is 12.7 Å². The summed E-state index contributed by atoms with van der Waals surface area (Å²) in [6.45, 7) is 13.2. The molecule has 1 saturated heterocycles. The molecule has 2 saturated carbocycles. The van der Waals surface area contributed by atoms with Crippen LogP contribution in [0.1, 0.15) is 86.0 Å². The van der Waals surface area contributed by atoms with Crippen LogP contribution >= 0.6 is 0 Å². The summed E-state index contributed by atoms with van der Waals surface area (Å²) in [6, 6.07) is -4.03. The molecule has 234 valence electrons. The Morgan fingerprint density at radius 2 is 1.60 bits per heavy atom. The Kier molecular flexibility index (Phi) is 11.3. The summed E-state index contributed by atoms with van der Waals surface area (Å²) in [6.07, 6.45) is 7.42. The molecule has 4 atom stereocenters. The van der Waals surface area contributed by atoms with Crippen LogP contribution in [0.2, 0.25) is 0 Å². The number of hydrogen-bond donors (Lipinski definition) is 4. The van der Waals surface area contributed by atoms with E-state index in [9.17, 15) is 28.8 Å². The Balaban J connectivity index is 1.71. The predicted octanol–water partition coefficient (Wildman–Crippen LogP) is 2.24. The Hall–Kier alpha value is -3.24. The lowest BCUT2D eigenvalue weighted by Crippen LogP contribution is -2.61. The van der Waals surface area contributed by atoms with Crippen molar-refractivity contribution >= 4 is 35.3 Å². The molecule has 4 N–H and O–H groups in total. The fourth-order valence-electron chi connectivity index (χ4n) is 5.59.